The maximum Gasteiger partial charge on any atom is 0.129 e. The zero-order valence-electron chi connectivity index (χ0n) is 8.30. The molecular formula is C10H17NO2. The number of ether oxygens (including phenoxy) is 1. The summed E-state index contributed by atoms with van der Waals surface area (Å²) in [5.41, 5.74) is 1.18. The van der Waals surface area contributed by atoms with Crippen LogP contribution in [0.4, 0.5) is 0 Å². The predicted octanol–water partition coefficient (Wildman–Crippen LogP) is 1.93. The van der Waals surface area contributed by atoms with Gasteiger partial charge >= 0.3 is 0 Å². The van der Waals surface area contributed by atoms with Crippen LogP contribution in [0.5, 0.6) is 0 Å². The summed E-state index contributed by atoms with van der Waals surface area (Å²) in [5, 5.41) is 3.23. The molecule has 0 aliphatic rings. The maximum absolute atomic E-state index is 5.30. The number of hydrogen-bond acceptors (Lipinski definition) is 3. The fraction of sp³-hybridized carbons (Fsp3) is 0.600. The van der Waals surface area contributed by atoms with Crippen LogP contribution in [0, 0.1) is 0 Å². The van der Waals surface area contributed by atoms with Gasteiger partial charge in [-0.05, 0) is 19.5 Å². The molecule has 0 aliphatic carbocycles. The molecule has 0 spiro atoms. The first-order valence-corrected chi connectivity index (χ1v) is 4.71. The van der Waals surface area contributed by atoms with Crippen molar-refractivity contribution < 1.29 is 9.15 Å². The smallest absolute Gasteiger partial charge is 0.129 e. The highest BCUT2D eigenvalue weighted by atomic mass is 16.5. The molecule has 1 aromatic heterocycles. The summed E-state index contributed by atoms with van der Waals surface area (Å²) in [6, 6.07) is 2.03. The van der Waals surface area contributed by atoms with E-state index in [-0.39, 0.29) is 0 Å². The van der Waals surface area contributed by atoms with Crippen molar-refractivity contribution in [2.75, 3.05) is 13.2 Å². The minimum Gasteiger partial charge on any atom is -0.467 e. The van der Waals surface area contributed by atoms with Crippen molar-refractivity contribution in [3.63, 3.8) is 0 Å². The highest BCUT2D eigenvalue weighted by Crippen LogP contribution is 2.08. The lowest BCUT2D eigenvalue weighted by Gasteiger charge is -1.95. The molecule has 0 saturated carbocycles. The summed E-state index contributed by atoms with van der Waals surface area (Å²) < 4.78 is 10.5. The second-order valence-electron chi connectivity index (χ2n) is 2.84. The molecule has 0 fully saturated rings. The van der Waals surface area contributed by atoms with Crippen LogP contribution in [0.2, 0.25) is 0 Å². The Bertz CT molecular complexity index is 210. The summed E-state index contributed by atoms with van der Waals surface area (Å²) in [6.45, 7) is 7.20. The van der Waals surface area contributed by atoms with Gasteiger partial charge in [0.1, 0.15) is 12.4 Å². The normalized spacial score (nSPS) is 10.6. The minimum atomic E-state index is 0.572. The summed E-state index contributed by atoms with van der Waals surface area (Å²) in [5.74, 6) is 0.898. The minimum absolute atomic E-state index is 0.572. The zero-order chi connectivity index (χ0) is 9.52. The van der Waals surface area contributed by atoms with E-state index in [0.717, 1.165) is 25.5 Å². The standard InChI is InChI=1S/C10H17NO2/c1-3-11-6-9-5-10(13-7-9)8-12-4-2/h5,7,11H,3-4,6,8H2,1-2H3. The summed E-state index contributed by atoms with van der Waals surface area (Å²) >= 11 is 0. The molecule has 13 heavy (non-hydrogen) atoms. The van der Waals surface area contributed by atoms with Gasteiger partial charge < -0.3 is 14.5 Å². The molecule has 3 nitrogen and oxygen atoms in total. The number of nitrogens with one attached hydrogen (secondary N) is 1. The second-order valence-corrected chi connectivity index (χ2v) is 2.84. The van der Waals surface area contributed by atoms with Crippen molar-refractivity contribution >= 4 is 0 Å². The molecule has 0 aromatic carbocycles. The molecular weight excluding hydrogens is 166 g/mol. The van der Waals surface area contributed by atoms with Gasteiger partial charge in [-0.15, -0.1) is 0 Å². The van der Waals surface area contributed by atoms with E-state index < -0.39 is 0 Å². The van der Waals surface area contributed by atoms with Gasteiger partial charge in [0.2, 0.25) is 0 Å². The van der Waals surface area contributed by atoms with Gasteiger partial charge in [-0.1, -0.05) is 6.92 Å². The lowest BCUT2D eigenvalue weighted by Crippen LogP contribution is -2.10. The fourth-order valence-electron chi connectivity index (χ4n) is 1.07. The average molecular weight is 183 g/mol. The molecule has 0 saturated heterocycles. The van der Waals surface area contributed by atoms with Gasteiger partial charge in [0.05, 0.1) is 6.26 Å². The van der Waals surface area contributed by atoms with E-state index in [2.05, 4.69) is 12.2 Å². The first-order chi connectivity index (χ1) is 6.36. The maximum atomic E-state index is 5.30. The van der Waals surface area contributed by atoms with E-state index in [0.29, 0.717) is 6.61 Å². The molecule has 0 radical (unpaired) electrons. The lowest BCUT2D eigenvalue weighted by molar-refractivity contribution is 0.118. The van der Waals surface area contributed by atoms with E-state index in [9.17, 15) is 0 Å². The van der Waals surface area contributed by atoms with Crippen LogP contribution in [-0.4, -0.2) is 13.2 Å². The molecule has 74 valence electrons. The van der Waals surface area contributed by atoms with Crippen LogP contribution in [0.1, 0.15) is 25.2 Å². The van der Waals surface area contributed by atoms with E-state index in [1.54, 1.807) is 6.26 Å². The van der Waals surface area contributed by atoms with Crippen molar-refractivity contribution in [1.82, 2.24) is 5.32 Å². The van der Waals surface area contributed by atoms with Gasteiger partial charge in [-0.3, -0.25) is 0 Å². The summed E-state index contributed by atoms with van der Waals surface area (Å²) in [7, 11) is 0. The second kappa shape index (κ2) is 5.78. The molecule has 0 bridgehead atoms. The Morgan fingerprint density at radius 2 is 2.31 bits per heavy atom. The van der Waals surface area contributed by atoms with Crippen molar-refractivity contribution in [3.8, 4) is 0 Å². The van der Waals surface area contributed by atoms with Crippen LogP contribution in [0.25, 0.3) is 0 Å². The van der Waals surface area contributed by atoms with E-state index in [4.69, 9.17) is 9.15 Å². The highest BCUT2D eigenvalue weighted by molar-refractivity contribution is 5.11. The first-order valence-electron chi connectivity index (χ1n) is 4.71. The Balaban J connectivity index is 2.34. The van der Waals surface area contributed by atoms with Crippen LogP contribution in [0.15, 0.2) is 16.7 Å². The predicted molar refractivity (Wildman–Crippen MR) is 51.4 cm³/mol. The fourth-order valence-corrected chi connectivity index (χ4v) is 1.07. The number of hydrogen-bond donors (Lipinski definition) is 1. The zero-order valence-corrected chi connectivity index (χ0v) is 8.30. The molecule has 1 heterocycles. The van der Waals surface area contributed by atoms with Crippen LogP contribution >= 0.6 is 0 Å². The Labute approximate surface area is 79.1 Å². The van der Waals surface area contributed by atoms with Crippen LogP contribution < -0.4 is 5.32 Å². The Kier molecular flexibility index (Phi) is 4.57. The van der Waals surface area contributed by atoms with Gasteiger partial charge in [0, 0.05) is 18.7 Å². The SMILES string of the molecule is CCNCc1coc(COCC)c1. The Hall–Kier alpha value is -0.800. The molecule has 1 N–H and O–H groups in total. The number of rotatable bonds is 6. The summed E-state index contributed by atoms with van der Waals surface area (Å²) in [4.78, 5) is 0. The summed E-state index contributed by atoms with van der Waals surface area (Å²) in [6.07, 6.45) is 1.77. The van der Waals surface area contributed by atoms with Crippen LogP contribution in [-0.2, 0) is 17.9 Å². The third-order valence-electron chi connectivity index (χ3n) is 1.74. The third kappa shape index (κ3) is 3.61. The molecule has 1 rings (SSSR count). The quantitative estimate of drug-likeness (QED) is 0.731. The largest absolute Gasteiger partial charge is 0.467 e. The molecule has 0 atom stereocenters. The Morgan fingerprint density at radius 1 is 1.46 bits per heavy atom. The molecule has 0 unspecified atom stereocenters. The molecule has 0 aliphatic heterocycles. The van der Waals surface area contributed by atoms with E-state index in [1.807, 2.05) is 13.0 Å². The van der Waals surface area contributed by atoms with Crippen molar-refractivity contribution in [2.45, 2.75) is 27.0 Å². The van der Waals surface area contributed by atoms with E-state index >= 15 is 0 Å². The average Bonchev–Trinajstić information content (AvgIpc) is 2.59. The molecule has 0 amide bonds. The first kappa shape index (κ1) is 10.3. The highest BCUT2D eigenvalue weighted by Gasteiger charge is 2.00. The van der Waals surface area contributed by atoms with Crippen molar-refractivity contribution in [2.24, 2.45) is 0 Å². The Morgan fingerprint density at radius 3 is 3.00 bits per heavy atom. The van der Waals surface area contributed by atoms with Crippen molar-refractivity contribution in [1.29, 1.82) is 0 Å². The molecule has 3 heteroatoms. The van der Waals surface area contributed by atoms with Crippen molar-refractivity contribution in [3.05, 3.63) is 23.7 Å². The third-order valence-corrected chi connectivity index (χ3v) is 1.74. The monoisotopic (exact) mass is 183 g/mol. The van der Waals surface area contributed by atoms with E-state index in [1.165, 1.54) is 5.56 Å². The number of furan rings is 1. The van der Waals surface area contributed by atoms with Gasteiger partial charge in [-0.25, -0.2) is 0 Å². The lowest BCUT2D eigenvalue weighted by atomic mass is 10.3. The van der Waals surface area contributed by atoms with Gasteiger partial charge in [0.25, 0.3) is 0 Å². The molecule has 1 aromatic rings. The van der Waals surface area contributed by atoms with Gasteiger partial charge in [-0.2, -0.15) is 0 Å². The van der Waals surface area contributed by atoms with Gasteiger partial charge in [0.15, 0.2) is 0 Å². The topological polar surface area (TPSA) is 34.4 Å². The van der Waals surface area contributed by atoms with Crippen LogP contribution in [0.3, 0.4) is 0 Å².